The van der Waals surface area contributed by atoms with E-state index < -0.39 is 0 Å². The van der Waals surface area contributed by atoms with Crippen molar-refractivity contribution in [2.75, 3.05) is 0 Å². The predicted molar refractivity (Wildman–Crippen MR) is 53.6 cm³/mol. The Hall–Kier alpha value is -0.340. The van der Waals surface area contributed by atoms with Crippen LogP contribution in [0.2, 0.25) is 0 Å². The van der Waals surface area contributed by atoms with Crippen LogP contribution in [0.5, 0.6) is 0 Å². The third-order valence-electron chi connectivity index (χ3n) is 2.38. The van der Waals surface area contributed by atoms with E-state index in [9.17, 15) is 0 Å². The van der Waals surface area contributed by atoms with E-state index >= 15 is 0 Å². The normalized spacial score (nSPS) is 16.6. The molecule has 0 radical (unpaired) electrons. The van der Waals surface area contributed by atoms with E-state index in [1.54, 1.807) is 10.4 Å². The Morgan fingerprint density at radius 3 is 2.75 bits per heavy atom. The van der Waals surface area contributed by atoms with E-state index in [4.69, 9.17) is 5.73 Å². The molecule has 1 heterocycles. The van der Waals surface area contributed by atoms with Crippen LogP contribution in [0, 0.1) is 0 Å². The Morgan fingerprint density at radius 1 is 1.42 bits per heavy atom. The van der Waals surface area contributed by atoms with Gasteiger partial charge in [0, 0.05) is 15.3 Å². The highest BCUT2D eigenvalue weighted by Crippen LogP contribution is 2.34. The van der Waals surface area contributed by atoms with Gasteiger partial charge in [-0.2, -0.15) is 0 Å². The Balaban J connectivity index is 2.38. The van der Waals surface area contributed by atoms with Gasteiger partial charge in [-0.15, -0.1) is 11.3 Å². The van der Waals surface area contributed by atoms with Gasteiger partial charge in [0.1, 0.15) is 0 Å². The Morgan fingerprint density at radius 2 is 2.17 bits per heavy atom. The van der Waals surface area contributed by atoms with Crippen LogP contribution in [-0.4, -0.2) is 0 Å². The molecule has 1 aromatic heterocycles. The van der Waals surface area contributed by atoms with Crippen LogP contribution in [0.4, 0.5) is 0 Å². The van der Waals surface area contributed by atoms with E-state index in [1.165, 1.54) is 24.1 Å². The van der Waals surface area contributed by atoms with Gasteiger partial charge in [0.25, 0.3) is 0 Å². The highest BCUT2D eigenvalue weighted by Gasteiger charge is 2.21. The molecule has 0 saturated heterocycles. The van der Waals surface area contributed by atoms with E-state index in [1.807, 2.05) is 11.3 Å². The molecule has 2 rings (SSSR count). The zero-order chi connectivity index (χ0) is 8.77. The summed E-state index contributed by atoms with van der Waals surface area (Å²) in [4.78, 5) is 2.91. The number of aryl methyl sites for hydroxylation is 2. The van der Waals surface area contributed by atoms with Crippen molar-refractivity contribution in [1.82, 2.24) is 0 Å². The minimum atomic E-state index is -0.144. The van der Waals surface area contributed by atoms with Crippen molar-refractivity contribution < 1.29 is 0 Å². The Bertz CT molecular complexity index is 272. The van der Waals surface area contributed by atoms with Gasteiger partial charge in [0.15, 0.2) is 0 Å². The molecule has 0 saturated carbocycles. The molecular weight excluding hydrogens is 166 g/mol. The fraction of sp³-hybridized carbons (Fsp3) is 0.600. The maximum Gasteiger partial charge on any atom is 0.0446 e. The van der Waals surface area contributed by atoms with E-state index in [0.717, 1.165) is 0 Å². The molecule has 66 valence electrons. The zero-order valence-electron chi connectivity index (χ0n) is 7.68. The van der Waals surface area contributed by atoms with E-state index in [0.29, 0.717) is 0 Å². The van der Waals surface area contributed by atoms with Gasteiger partial charge in [-0.25, -0.2) is 0 Å². The number of hydrogen-bond acceptors (Lipinski definition) is 2. The van der Waals surface area contributed by atoms with Crippen molar-refractivity contribution in [3.8, 4) is 0 Å². The molecule has 0 spiro atoms. The molecule has 2 N–H and O–H groups in total. The fourth-order valence-electron chi connectivity index (χ4n) is 1.65. The molecule has 0 amide bonds. The summed E-state index contributed by atoms with van der Waals surface area (Å²) in [5, 5.41) is 0. The second-order valence-electron chi connectivity index (χ2n) is 4.13. The SMILES string of the molecule is CC(C)(N)c1cc2c(s1)CCC2. The molecule has 0 aliphatic heterocycles. The third kappa shape index (κ3) is 1.29. The lowest BCUT2D eigenvalue weighted by Gasteiger charge is -2.15. The smallest absolute Gasteiger partial charge is 0.0446 e. The van der Waals surface area contributed by atoms with E-state index in [2.05, 4.69) is 19.9 Å². The first-order chi connectivity index (χ1) is 5.57. The van der Waals surface area contributed by atoms with Crippen LogP contribution in [0.3, 0.4) is 0 Å². The summed E-state index contributed by atoms with van der Waals surface area (Å²) < 4.78 is 0. The first-order valence-corrected chi connectivity index (χ1v) is 5.30. The predicted octanol–water partition coefficient (Wildman–Crippen LogP) is 2.43. The maximum atomic E-state index is 6.03. The number of rotatable bonds is 1. The van der Waals surface area contributed by atoms with Crippen molar-refractivity contribution >= 4 is 11.3 Å². The molecule has 1 aliphatic carbocycles. The van der Waals surface area contributed by atoms with Gasteiger partial charge in [-0.1, -0.05) is 0 Å². The summed E-state index contributed by atoms with van der Waals surface area (Å²) in [6.45, 7) is 4.15. The van der Waals surface area contributed by atoms with Crippen LogP contribution >= 0.6 is 11.3 Å². The molecule has 1 aliphatic rings. The zero-order valence-corrected chi connectivity index (χ0v) is 8.50. The molecule has 1 nitrogen and oxygen atoms in total. The molecule has 2 heteroatoms. The van der Waals surface area contributed by atoms with Crippen LogP contribution in [-0.2, 0) is 18.4 Å². The summed E-state index contributed by atoms with van der Waals surface area (Å²) >= 11 is 1.90. The lowest BCUT2D eigenvalue weighted by atomic mass is 10.0. The monoisotopic (exact) mass is 181 g/mol. The number of thiophene rings is 1. The summed E-state index contributed by atoms with van der Waals surface area (Å²) in [7, 11) is 0. The molecule has 0 fully saturated rings. The molecular formula is C10H15NS. The largest absolute Gasteiger partial charge is 0.321 e. The Kier molecular flexibility index (Phi) is 1.77. The molecule has 1 aromatic rings. The number of hydrogen-bond donors (Lipinski definition) is 1. The van der Waals surface area contributed by atoms with Gasteiger partial charge >= 0.3 is 0 Å². The molecule has 0 atom stereocenters. The lowest BCUT2D eigenvalue weighted by Crippen LogP contribution is -2.27. The van der Waals surface area contributed by atoms with Gasteiger partial charge in [-0.3, -0.25) is 0 Å². The topological polar surface area (TPSA) is 26.0 Å². The average molecular weight is 181 g/mol. The molecule has 0 aromatic carbocycles. The number of nitrogens with two attached hydrogens (primary N) is 1. The first-order valence-electron chi connectivity index (χ1n) is 4.48. The lowest BCUT2D eigenvalue weighted by molar-refractivity contribution is 0.566. The minimum Gasteiger partial charge on any atom is -0.321 e. The third-order valence-corrected chi connectivity index (χ3v) is 3.96. The average Bonchev–Trinajstić information content (AvgIpc) is 2.37. The van der Waals surface area contributed by atoms with Crippen molar-refractivity contribution in [3.63, 3.8) is 0 Å². The summed E-state index contributed by atoms with van der Waals surface area (Å²) in [5.74, 6) is 0. The van der Waals surface area contributed by atoms with Crippen LogP contribution in [0.25, 0.3) is 0 Å². The van der Waals surface area contributed by atoms with Gasteiger partial charge in [0.05, 0.1) is 0 Å². The highest BCUT2D eigenvalue weighted by atomic mass is 32.1. The van der Waals surface area contributed by atoms with E-state index in [-0.39, 0.29) is 5.54 Å². The van der Waals surface area contributed by atoms with Gasteiger partial charge in [0.2, 0.25) is 0 Å². The van der Waals surface area contributed by atoms with Crippen LogP contribution in [0.1, 0.15) is 35.6 Å². The standard InChI is InChI=1S/C10H15NS/c1-10(2,11)9-6-7-4-3-5-8(7)12-9/h6H,3-5,11H2,1-2H3. The van der Waals surface area contributed by atoms with Crippen LogP contribution in [0.15, 0.2) is 6.07 Å². The van der Waals surface area contributed by atoms with Crippen molar-refractivity contribution in [1.29, 1.82) is 0 Å². The molecule has 0 unspecified atom stereocenters. The fourth-order valence-corrected chi connectivity index (χ4v) is 2.91. The quantitative estimate of drug-likeness (QED) is 0.707. The summed E-state index contributed by atoms with van der Waals surface area (Å²) in [5.41, 5.74) is 7.43. The second kappa shape index (κ2) is 2.57. The number of fused-ring (bicyclic) bond motifs is 1. The second-order valence-corrected chi connectivity index (χ2v) is 5.27. The van der Waals surface area contributed by atoms with Gasteiger partial charge in [-0.05, 0) is 44.7 Å². The van der Waals surface area contributed by atoms with Crippen molar-refractivity contribution in [2.45, 2.75) is 38.6 Å². The van der Waals surface area contributed by atoms with Crippen molar-refractivity contribution in [3.05, 3.63) is 21.4 Å². The van der Waals surface area contributed by atoms with Crippen molar-refractivity contribution in [2.24, 2.45) is 5.73 Å². The summed E-state index contributed by atoms with van der Waals surface area (Å²) in [6, 6.07) is 2.30. The molecule has 0 bridgehead atoms. The first kappa shape index (κ1) is 8.27. The molecule has 12 heavy (non-hydrogen) atoms. The summed E-state index contributed by atoms with van der Waals surface area (Å²) in [6.07, 6.45) is 3.88. The highest BCUT2D eigenvalue weighted by molar-refractivity contribution is 7.12. The van der Waals surface area contributed by atoms with Crippen LogP contribution < -0.4 is 5.73 Å². The minimum absolute atomic E-state index is 0.144. The van der Waals surface area contributed by atoms with Gasteiger partial charge < -0.3 is 5.73 Å². The maximum absolute atomic E-state index is 6.03. The Labute approximate surface area is 77.6 Å².